The third-order valence-electron chi connectivity index (χ3n) is 6.76. The first-order valence-corrected chi connectivity index (χ1v) is 15.3. The maximum absolute atomic E-state index is 13.8. The predicted molar refractivity (Wildman–Crippen MR) is 167 cm³/mol. The van der Waals surface area contributed by atoms with Crippen LogP contribution in [0.25, 0.3) is 0 Å². The van der Waals surface area contributed by atoms with Gasteiger partial charge in [-0.25, -0.2) is 0 Å². The molecule has 8 nitrogen and oxygen atoms in total. The van der Waals surface area contributed by atoms with Gasteiger partial charge < -0.3 is 34.4 Å². The lowest BCUT2D eigenvalue weighted by atomic mass is 10.1. The van der Waals surface area contributed by atoms with E-state index in [1.807, 2.05) is 19.9 Å². The van der Waals surface area contributed by atoms with Gasteiger partial charge in [0.1, 0.15) is 22.9 Å². The van der Waals surface area contributed by atoms with Crippen molar-refractivity contribution >= 4 is 31.6 Å². The van der Waals surface area contributed by atoms with Gasteiger partial charge in [-0.3, -0.25) is 4.79 Å². The summed E-state index contributed by atoms with van der Waals surface area (Å²) in [6.45, 7) is 11.0. The van der Waals surface area contributed by atoms with Crippen molar-refractivity contribution in [2.24, 2.45) is 0 Å². The Hall–Kier alpha value is -3.32. The van der Waals surface area contributed by atoms with Crippen LogP contribution in [-0.4, -0.2) is 34.2 Å². The molecular weight excluding hydrogens is 539 g/mol. The minimum Gasteiger partial charge on any atom is -0.506 e. The molecule has 0 aromatic heterocycles. The maximum Gasteiger partial charge on any atom is 0.394 e. The molecule has 2 aromatic rings. The Morgan fingerprint density at radius 1 is 0.976 bits per heavy atom. The Balaban J connectivity index is 1.85. The molecule has 3 rings (SSSR count). The van der Waals surface area contributed by atoms with E-state index in [4.69, 9.17) is 9.05 Å². The number of benzene rings is 2. The van der Waals surface area contributed by atoms with Gasteiger partial charge in [0.05, 0.1) is 23.5 Å². The number of phenolic OH excluding ortho intramolecular Hbond substituents is 2. The van der Waals surface area contributed by atoms with Gasteiger partial charge in [-0.15, -0.1) is 0 Å². The van der Waals surface area contributed by atoms with E-state index in [2.05, 4.69) is 38.2 Å². The number of para-hydroxylation sites is 1. The molecular formula is C32H43N2O6P. The zero-order valence-corrected chi connectivity index (χ0v) is 25.6. The van der Waals surface area contributed by atoms with E-state index in [1.165, 1.54) is 28.2 Å². The van der Waals surface area contributed by atoms with Crippen molar-refractivity contribution < 1.29 is 28.9 Å². The number of anilines is 3. The minimum atomic E-state index is -2.21. The van der Waals surface area contributed by atoms with Crippen molar-refractivity contribution in [3.8, 4) is 17.2 Å². The van der Waals surface area contributed by atoms with Gasteiger partial charge in [0.15, 0.2) is 0 Å². The number of hydrogen-bond donors (Lipinski definition) is 4. The average molecular weight is 583 g/mol. The molecule has 0 spiro atoms. The lowest BCUT2D eigenvalue weighted by Gasteiger charge is -2.23. The lowest BCUT2D eigenvalue weighted by molar-refractivity contribution is 0.0991. The molecule has 1 heterocycles. The van der Waals surface area contributed by atoms with Crippen molar-refractivity contribution in [2.75, 3.05) is 23.4 Å². The van der Waals surface area contributed by atoms with E-state index in [0.717, 1.165) is 44.1 Å². The van der Waals surface area contributed by atoms with Crippen LogP contribution in [0.15, 0.2) is 65.3 Å². The summed E-state index contributed by atoms with van der Waals surface area (Å²) < 4.78 is 10.9. The van der Waals surface area contributed by atoms with Crippen LogP contribution in [-0.2, 0) is 4.52 Å². The normalized spacial score (nSPS) is 14.1. The zero-order valence-electron chi connectivity index (χ0n) is 24.7. The Kier molecular flexibility index (Phi) is 12.3. The number of carbonyl (C=O) groups is 1. The number of unbranched alkanes of at least 4 members (excludes halogenated alkanes) is 1. The zero-order chi connectivity index (χ0) is 29.9. The van der Waals surface area contributed by atoms with Crippen LogP contribution in [0.1, 0.15) is 83.5 Å². The van der Waals surface area contributed by atoms with E-state index in [1.54, 1.807) is 18.2 Å². The number of carbonyl (C=O) groups excluding carboxylic acids is 1. The highest BCUT2D eigenvalue weighted by atomic mass is 31.2. The molecule has 4 N–H and O–H groups in total. The number of phenols is 2. The number of hydrogen-bond acceptors (Lipinski definition) is 7. The fraction of sp³-hybridized carbons (Fsp3) is 0.406. The van der Waals surface area contributed by atoms with E-state index in [9.17, 15) is 19.9 Å². The fourth-order valence-corrected chi connectivity index (χ4v) is 5.00. The number of amides is 1. The summed E-state index contributed by atoms with van der Waals surface area (Å²) in [5.74, 6) is -0.485. The quantitative estimate of drug-likeness (QED) is 0.0763. The standard InChI is InChI=1S/C32H43N2O6P/c1-6-7-19-39-41(38)40-25-20-27-31(29(36)21-25)33-30-26(15-10-16-28(30)35)32(37)34(27)18-17-24(5)14-9-13-23(4)12-8-11-22(2)3/h10-11,13,15-17,20-21,33,35-36,38H,6-9,12,14,18-19H2,1-5H3/b23-13+,24-17+. The smallest absolute Gasteiger partial charge is 0.394 e. The highest BCUT2D eigenvalue weighted by Crippen LogP contribution is 2.48. The minimum absolute atomic E-state index is 0.106. The van der Waals surface area contributed by atoms with E-state index < -0.39 is 8.60 Å². The molecule has 41 heavy (non-hydrogen) atoms. The Labute approximate surface area is 245 Å². The number of allylic oxidation sites excluding steroid dienone is 5. The average Bonchev–Trinajstić information content (AvgIpc) is 3.02. The van der Waals surface area contributed by atoms with Crippen molar-refractivity contribution in [3.05, 3.63) is 70.8 Å². The van der Waals surface area contributed by atoms with Crippen LogP contribution >= 0.6 is 8.60 Å². The molecule has 1 unspecified atom stereocenters. The van der Waals surface area contributed by atoms with Crippen molar-refractivity contribution in [1.29, 1.82) is 0 Å². The third kappa shape index (κ3) is 9.35. The summed E-state index contributed by atoms with van der Waals surface area (Å²) >= 11 is 0. The second-order valence-corrected chi connectivity index (χ2v) is 11.5. The Bertz CT molecular complexity index is 1300. The molecule has 2 aromatic carbocycles. The summed E-state index contributed by atoms with van der Waals surface area (Å²) in [5, 5.41) is 24.5. The maximum atomic E-state index is 13.8. The van der Waals surface area contributed by atoms with E-state index >= 15 is 0 Å². The van der Waals surface area contributed by atoms with Crippen LogP contribution in [0.4, 0.5) is 17.1 Å². The number of rotatable bonds is 14. The topological polar surface area (TPSA) is 111 Å². The van der Waals surface area contributed by atoms with Crippen molar-refractivity contribution in [3.63, 3.8) is 0 Å². The van der Waals surface area contributed by atoms with Crippen molar-refractivity contribution in [2.45, 2.75) is 73.1 Å². The van der Waals surface area contributed by atoms with Gasteiger partial charge in [0, 0.05) is 18.7 Å². The summed E-state index contributed by atoms with van der Waals surface area (Å²) in [6, 6.07) is 7.65. The first kappa shape index (κ1) is 32.2. The third-order valence-corrected chi connectivity index (χ3v) is 7.53. The second kappa shape index (κ2) is 15.6. The Morgan fingerprint density at radius 3 is 2.39 bits per heavy atom. The molecule has 0 fully saturated rings. The number of nitrogens with zero attached hydrogens (tertiary/aromatic N) is 1. The molecule has 9 heteroatoms. The van der Waals surface area contributed by atoms with Crippen LogP contribution < -0.4 is 14.7 Å². The molecule has 0 saturated heterocycles. The van der Waals surface area contributed by atoms with Gasteiger partial charge in [-0.05, 0) is 71.9 Å². The summed E-state index contributed by atoms with van der Waals surface area (Å²) in [7, 11) is -2.21. The predicted octanol–water partition coefficient (Wildman–Crippen LogP) is 8.64. The van der Waals surface area contributed by atoms with E-state index in [0.29, 0.717) is 12.3 Å². The molecule has 1 aliphatic rings. The van der Waals surface area contributed by atoms with Crippen LogP contribution in [0, 0.1) is 0 Å². The van der Waals surface area contributed by atoms with Gasteiger partial charge in [-0.2, -0.15) is 0 Å². The van der Waals surface area contributed by atoms with Crippen LogP contribution in [0.3, 0.4) is 0 Å². The molecule has 1 amide bonds. The van der Waals surface area contributed by atoms with Crippen LogP contribution in [0.2, 0.25) is 0 Å². The SMILES string of the molecule is CCCCOP(O)Oc1cc(O)c2c(c1)N(C/C=C(\C)CC/C=C(\C)CCC=C(C)C)C(=O)c1cccc(O)c1N2. The largest absolute Gasteiger partial charge is 0.506 e. The van der Waals surface area contributed by atoms with Crippen LogP contribution in [0.5, 0.6) is 17.2 Å². The van der Waals surface area contributed by atoms with Crippen molar-refractivity contribution in [1.82, 2.24) is 0 Å². The fourth-order valence-electron chi connectivity index (χ4n) is 4.38. The summed E-state index contributed by atoms with van der Waals surface area (Å²) in [6.07, 6.45) is 12.1. The first-order chi connectivity index (χ1) is 19.6. The highest BCUT2D eigenvalue weighted by molar-refractivity contribution is 7.41. The van der Waals surface area contributed by atoms with Gasteiger partial charge >= 0.3 is 8.60 Å². The lowest BCUT2D eigenvalue weighted by Crippen LogP contribution is -2.30. The summed E-state index contributed by atoms with van der Waals surface area (Å²) in [5.41, 5.74) is 4.92. The molecule has 0 aliphatic carbocycles. The highest BCUT2D eigenvalue weighted by Gasteiger charge is 2.30. The number of fused-ring (bicyclic) bond motifs is 2. The molecule has 0 saturated carbocycles. The number of nitrogens with one attached hydrogen (secondary N) is 1. The molecule has 1 aliphatic heterocycles. The van der Waals surface area contributed by atoms with E-state index in [-0.39, 0.29) is 46.6 Å². The summed E-state index contributed by atoms with van der Waals surface area (Å²) in [4.78, 5) is 25.5. The molecule has 1 atom stereocenters. The molecule has 222 valence electrons. The first-order valence-electron chi connectivity index (χ1n) is 14.1. The molecule has 0 bridgehead atoms. The van der Waals surface area contributed by atoms with Gasteiger partial charge in [0.2, 0.25) is 0 Å². The Morgan fingerprint density at radius 2 is 1.68 bits per heavy atom. The van der Waals surface area contributed by atoms with Gasteiger partial charge in [-0.1, -0.05) is 54.4 Å². The molecule has 0 radical (unpaired) electrons. The number of aromatic hydroxyl groups is 2. The monoisotopic (exact) mass is 582 g/mol. The van der Waals surface area contributed by atoms with Gasteiger partial charge in [0.25, 0.3) is 5.91 Å². The second-order valence-electron chi connectivity index (χ2n) is 10.6.